The number of nitrogens with zero attached hydrogens (tertiary/aromatic N) is 1. The molecule has 0 saturated heterocycles. The zero-order valence-electron chi connectivity index (χ0n) is 4.13. The van der Waals surface area contributed by atoms with Crippen molar-refractivity contribution in [3.8, 4) is 0 Å². The van der Waals surface area contributed by atoms with E-state index in [9.17, 15) is 0 Å². The predicted molar refractivity (Wildman–Crippen MR) is 35.1 cm³/mol. The Hall–Kier alpha value is -0.780. The largest absolute Gasteiger partial charge is 0.244 e. The minimum Gasteiger partial charge on any atom is -0.244 e. The van der Waals surface area contributed by atoms with E-state index in [1.807, 2.05) is 0 Å². The fourth-order valence-corrected chi connectivity index (χ4v) is 0.486. The lowest BCUT2D eigenvalue weighted by molar-refractivity contribution is 1.54. The quantitative estimate of drug-likeness (QED) is 0.346. The van der Waals surface area contributed by atoms with Crippen LogP contribution in [0.3, 0.4) is 0 Å². The van der Waals surface area contributed by atoms with Gasteiger partial charge in [0.25, 0.3) is 0 Å². The maximum absolute atomic E-state index is 5.49. The second-order valence-electron chi connectivity index (χ2n) is 1.27. The first-order valence-electron chi connectivity index (χ1n) is 2.20. The Morgan fingerprint density at radius 3 is 3.25 bits per heavy atom. The van der Waals surface area contributed by atoms with E-state index >= 15 is 0 Å². The van der Waals surface area contributed by atoms with Crippen LogP contribution in [0.1, 0.15) is 0 Å². The molecule has 0 spiro atoms. The molecule has 0 unspecified atom stereocenters. The summed E-state index contributed by atoms with van der Waals surface area (Å²) in [7, 11) is 0. The molecule has 0 aromatic carbocycles. The third kappa shape index (κ3) is 1.38. The molecule has 1 aliphatic heterocycles. The second kappa shape index (κ2) is 2.51. The molecule has 0 aromatic rings. The summed E-state index contributed by atoms with van der Waals surface area (Å²) in [6, 6.07) is 0. The summed E-state index contributed by atoms with van der Waals surface area (Å²) >= 11 is 5.49. The molecule has 0 atom stereocenters. The van der Waals surface area contributed by atoms with Crippen molar-refractivity contribution in [1.82, 2.24) is 0 Å². The molecule has 1 rings (SSSR count). The van der Waals surface area contributed by atoms with E-state index in [4.69, 9.17) is 11.6 Å². The van der Waals surface area contributed by atoms with Crippen molar-refractivity contribution in [2.75, 3.05) is 0 Å². The number of halogens is 1. The molecule has 0 saturated carbocycles. The third-order valence-corrected chi connectivity index (χ3v) is 0.909. The van der Waals surface area contributed by atoms with Gasteiger partial charge in [-0.05, 0) is 18.2 Å². The molecule has 8 heavy (non-hydrogen) atoms. The smallest absolute Gasteiger partial charge is 0.129 e. The first-order valence-corrected chi connectivity index (χ1v) is 2.58. The average Bonchev–Trinajstić information content (AvgIpc) is 1.94. The SMILES string of the molecule is ClC1=CC=C=CC=N1. The van der Waals surface area contributed by atoms with Crippen molar-refractivity contribution in [1.29, 1.82) is 0 Å². The fraction of sp³-hybridized carbons (Fsp3) is 0. The van der Waals surface area contributed by atoms with Crippen LogP contribution in [-0.4, -0.2) is 6.21 Å². The van der Waals surface area contributed by atoms with E-state index in [0.717, 1.165) is 0 Å². The van der Waals surface area contributed by atoms with Crippen molar-refractivity contribution < 1.29 is 0 Å². The van der Waals surface area contributed by atoms with Crippen LogP contribution >= 0.6 is 11.6 Å². The lowest BCUT2D eigenvalue weighted by atomic mass is 10.5. The van der Waals surface area contributed by atoms with Crippen molar-refractivity contribution in [3.05, 3.63) is 29.1 Å². The molecule has 1 aliphatic rings. The van der Waals surface area contributed by atoms with Gasteiger partial charge in [-0.1, -0.05) is 11.6 Å². The Morgan fingerprint density at radius 2 is 2.38 bits per heavy atom. The van der Waals surface area contributed by atoms with Crippen LogP contribution in [0.15, 0.2) is 34.1 Å². The lowest BCUT2D eigenvalue weighted by Gasteiger charge is -1.77. The van der Waals surface area contributed by atoms with Gasteiger partial charge in [0.1, 0.15) is 5.16 Å². The molecule has 0 aliphatic carbocycles. The Bertz CT molecular complexity index is 195. The maximum Gasteiger partial charge on any atom is 0.129 e. The molecular formula is C6H4ClN. The van der Waals surface area contributed by atoms with E-state index in [1.54, 1.807) is 24.4 Å². The molecule has 0 aromatic heterocycles. The van der Waals surface area contributed by atoms with Gasteiger partial charge in [-0.25, -0.2) is 4.99 Å². The van der Waals surface area contributed by atoms with Gasteiger partial charge in [-0.15, -0.1) is 5.73 Å². The van der Waals surface area contributed by atoms with Gasteiger partial charge in [0.2, 0.25) is 0 Å². The third-order valence-electron chi connectivity index (χ3n) is 0.686. The Morgan fingerprint density at radius 1 is 1.50 bits per heavy atom. The molecule has 0 bridgehead atoms. The van der Waals surface area contributed by atoms with Crippen LogP contribution in [0, 0.1) is 0 Å². The first-order chi connectivity index (χ1) is 3.89. The van der Waals surface area contributed by atoms with Gasteiger partial charge >= 0.3 is 0 Å². The van der Waals surface area contributed by atoms with E-state index in [2.05, 4.69) is 10.7 Å². The summed E-state index contributed by atoms with van der Waals surface area (Å²) in [5.41, 5.74) is 2.82. The van der Waals surface area contributed by atoms with E-state index in [0.29, 0.717) is 5.16 Å². The number of hydrogen-bond acceptors (Lipinski definition) is 1. The van der Waals surface area contributed by atoms with Crippen LogP contribution in [0.5, 0.6) is 0 Å². The standard InChI is InChI=1S/C6H4ClN/c7-6-4-2-1-3-5-8-6/h2-5H. The van der Waals surface area contributed by atoms with Crippen LogP contribution in [0.2, 0.25) is 0 Å². The summed E-state index contributed by atoms with van der Waals surface area (Å²) < 4.78 is 0. The summed E-state index contributed by atoms with van der Waals surface area (Å²) in [4.78, 5) is 3.78. The topological polar surface area (TPSA) is 12.4 Å². The highest BCUT2D eigenvalue weighted by Crippen LogP contribution is 2.02. The van der Waals surface area contributed by atoms with Crippen molar-refractivity contribution >= 4 is 17.8 Å². The molecule has 0 radical (unpaired) electrons. The zero-order chi connectivity index (χ0) is 5.82. The molecule has 0 fully saturated rings. The van der Waals surface area contributed by atoms with Gasteiger partial charge in [0.05, 0.1) is 0 Å². The Labute approximate surface area is 52.7 Å². The average molecular weight is 126 g/mol. The van der Waals surface area contributed by atoms with Crippen molar-refractivity contribution in [3.63, 3.8) is 0 Å². The fourth-order valence-electron chi connectivity index (χ4n) is 0.367. The monoisotopic (exact) mass is 125 g/mol. The molecular weight excluding hydrogens is 122 g/mol. The predicted octanol–water partition coefficient (Wildman–Crippen LogP) is 1.86. The van der Waals surface area contributed by atoms with Crippen LogP contribution < -0.4 is 0 Å². The molecule has 1 nitrogen and oxygen atoms in total. The normalized spacial score (nSPS) is 15.9. The summed E-state index contributed by atoms with van der Waals surface area (Å²) in [5.74, 6) is 0. The first kappa shape index (κ1) is 5.36. The molecule has 1 heterocycles. The second-order valence-corrected chi connectivity index (χ2v) is 1.65. The number of allylic oxidation sites excluding steroid dienone is 2. The summed E-state index contributed by atoms with van der Waals surface area (Å²) in [5, 5.41) is 0.492. The van der Waals surface area contributed by atoms with Gasteiger partial charge in [-0.3, -0.25) is 0 Å². The minimum atomic E-state index is 0.492. The zero-order valence-corrected chi connectivity index (χ0v) is 4.89. The maximum atomic E-state index is 5.49. The van der Waals surface area contributed by atoms with E-state index < -0.39 is 0 Å². The van der Waals surface area contributed by atoms with Gasteiger partial charge in [0, 0.05) is 6.21 Å². The van der Waals surface area contributed by atoms with E-state index in [1.165, 1.54) is 0 Å². The highest BCUT2D eigenvalue weighted by molar-refractivity contribution is 6.30. The molecule has 40 valence electrons. The van der Waals surface area contributed by atoms with Crippen LogP contribution in [0.4, 0.5) is 0 Å². The molecule has 0 N–H and O–H groups in total. The minimum absolute atomic E-state index is 0.492. The van der Waals surface area contributed by atoms with Crippen molar-refractivity contribution in [2.45, 2.75) is 0 Å². The lowest BCUT2D eigenvalue weighted by Crippen LogP contribution is -1.60. The molecule has 2 heteroatoms. The van der Waals surface area contributed by atoms with Gasteiger partial charge in [-0.2, -0.15) is 0 Å². The van der Waals surface area contributed by atoms with Gasteiger partial charge in [0.15, 0.2) is 0 Å². The van der Waals surface area contributed by atoms with Crippen LogP contribution in [-0.2, 0) is 0 Å². The summed E-state index contributed by atoms with van der Waals surface area (Å²) in [6.45, 7) is 0. The number of aliphatic imine (C=N–C) groups is 1. The van der Waals surface area contributed by atoms with Gasteiger partial charge < -0.3 is 0 Å². The number of hydrogen-bond donors (Lipinski definition) is 0. The summed E-state index contributed by atoms with van der Waals surface area (Å²) in [6.07, 6.45) is 6.70. The molecule has 0 amide bonds. The van der Waals surface area contributed by atoms with Crippen molar-refractivity contribution in [2.24, 2.45) is 4.99 Å². The van der Waals surface area contributed by atoms with E-state index in [-0.39, 0.29) is 0 Å². The highest BCUT2D eigenvalue weighted by atomic mass is 35.5. The number of rotatable bonds is 0. The highest BCUT2D eigenvalue weighted by Gasteiger charge is 1.80. The Balaban J connectivity index is 2.90. The Kier molecular flexibility index (Phi) is 1.68. The van der Waals surface area contributed by atoms with Crippen LogP contribution in [0.25, 0.3) is 0 Å².